The Balaban J connectivity index is 0.00000105. The number of nitrogens with zero attached hydrogens (tertiary/aromatic N) is 7. The average Bonchev–Trinajstić information content (AvgIpc) is 3.46. The highest BCUT2D eigenvalue weighted by molar-refractivity contribution is 14.2. The number of imidazole rings is 1. The standard InChI is InChI=1S/C21H21IN7P.C2H6/c1-13-3-2-7-28-18(13)9-15(26-28)21-20-17(29(30-22)12-24-20)6-8-27(21)19-11-23-10-16(25-19)14-4-5-14;1-2/h2-3,7,9-12,14,21,30H,4-6,8H2,1H3;1-2H3. The van der Waals surface area contributed by atoms with E-state index in [1.54, 1.807) is 0 Å². The van der Waals surface area contributed by atoms with Crippen LogP contribution in [0.5, 0.6) is 0 Å². The van der Waals surface area contributed by atoms with Gasteiger partial charge in [-0.05, 0) is 59.5 Å². The topological polar surface area (TPSA) is 64.1 Å². The monoisotopic (exact) mass is 559 g/mol. The maximum absolute atomic E-state index is 5.00. The zero-order valence-electron chi connectivity index (χ0n) is 18.5. The van der Waals surface area contributed by atoms with Crippen LogP contribution in [0.1, 0.15) is 67.0 Å². The van der Waals surface area contributed by atoms with Crippen LogP contribution in [-0.4, -0.2) is 35.4 Å². The molecule has 2 aliphatic rings. The minimum atomic E-state index is -0.0641. The van der Waals surface area contributed by atoms with E-state index >= 15 is 0 Å². The summed E-state index contributed by atoms with van der Waals surface area (Å²) < 4.78 is 4.24. The van der Waals surface area contributed by atoms with Crippen LogP contribution in [0.4, 0.5) is 5.82 Å². The van der Waals surface area contributed by atoms with Gasteiger partial charge in [-0.15, -0.1) is 0 Å². The van der Waals surface area contributed by atoms with Crippen LogP contribution < -0.4 is 4.90 Å². The first-order valence-electron chi connectivity index (χ1n) is 11.2. The van der Waals surface area contributed by atoms with Gasteiger partial charge >= 0.3 is 0 Å². The first-order chi connectivity index (χ1) is 15.7. The molecule has 4 aromatic heterocycles. The lowest BCUT2D eigenvalue weighted by atomic mass is 9.99. The van der Waals surface area contributed by atoms with Crippen molar-refractivity contribution in [2.24, 2.45) is 0 Å². The van der Waals surface area contributed by atoms with Crippen LogP contribution >= 0.6 is 28.4 Å². The molecule has 1 aliphatic carbocycles. The molecule has 0 bridgehead atoms. The normalized spacial score (nSPS) is 18.1. The Morgan fingerprint density at radius 2 is 2.00 bits per heavy atom. The van der Waals surface area contributed by atoms with Gasteiger partial charge in [0.1, 0.15) is 11.9 Å². The molecule has 166 valence electrons. The number of anilines is 1. The molecule has 1 aliphatic heterocycles. The SMILES string of the molecule is CC.Cc1cccn2nc(C3c4ncn(PI)c4CCN3c3cncc(C4CC4)n3)cc12. The highest BCUT2D eigenvalue weighted by Crippen LogP contribution is 2.42. The van der Waals surface area contributed by atoms with Gasteiger partial charge in [-0.1, -0.05) is 19.9 Å². The molecule has 6 rings (SSSR count). The second-order valence-corrected chi connectivity index (χ2v) is 10.1. The molecule has 9 heteroatoms. The number of halogens is 1. The van der Waals surface area contributed by atoms with Gasteiger partial charge in [-0.2, -0.15) is 5.10 Å². The van der Waals surface area contributed by atoms with Crippen molar-refractivity contribution < 1.29 is 0 Å². The molecule has 0 aromatic carbocycles. The van der Waals surface area contributed by atoms with Crippen molar-refractivity contribution in [2.75, 3.05) is 11.4 Å². The van der Waals surface area contributed by atoms with Gasteiger partial charge in [0.25, 0.3) is 0 Å². The molecule has 7 nitrogen and oxygen atoms in total. The van der Waals surface area contributed by atoms with Crippen molar-refractivity contribution in [1.82, 2.24) is 28.9 Å². The second kappa shape index (κ2) is 9.06. The Hall–Kier alpha value is -2.06. The molecule has 0 amide bonds. The number of hydrogen-bond acceptors (Lipinski definition) is 5. The van der Waals surface area contributed by atoms with E-state index in [-0.39, 0.29) is 6.04 Å². The third-order valence-corrected chi connectivity index (χ3v) is 8.22. The first kappa shape index (κ1) is 21.8. The number of rotatable bonds is 4. The van der Waals surface area contributed by atoms with Gasteiger partial charge in [0.2, 0.25) is 0 Å². The zero-order valence-corrected chi connectivity index (χ0v) is 21.7. The van der Waals surface area contributed by atoms with Crippen LogP contribution in [0.3, 0.4) is 0 Å². The second-order valence-electron chi connectivity index (χ2n) is 8.04. The third kappa shape index (κ3) is 3.81. The van der Waals surface area contributed by atoms with Crippen molar-refractivity contribution in [3.05, 3.63) is 71.5 Å². The molecule has 0 N–H and O–H groups in total. The molecule has 5 heterocycles. The molecule has 4 aromatic rings. The maximum atomic E-state index is 5.00. The van der Waals surface area contributed by atoms with Gasteiger partial charge in [0.05, 0.1) is 35.1 Å². The summed E-state index contributed by atoms with van der Waals surface area (Å²) in [6, 6.07) is 6.30. The van der Waals surface area contributed by atoms with Crippen molar-refractivity contribution in [2.45, 2.75) is 52.0 Å². The average molecular weight is 559 g/mol. The van der Waals surface area contributed by atoms with Crippen LogP contribution in [0.2, 0.25) is 0 Å². The number of aromatic nitrogens is 6. The zero-order chi connectivity index (χ0) is 22.2. The van der Waals surface area contributed by atoms with E-state index in [4.69, 9.17) is 15.1 Å². The number of fused-ring (bicyclic) bond motifs is 2. The number of hydrogen-bond donors (Lipinski definition) is 0. The number of pyridine rings is 1. The lowest BCUT2D eigenvalue weighted by Crippen LogP contribution is -2.37. The van der Waals surface area contributed by atoms with E-state index in [1.165, 1.54) is 24.1 Å². The summed E-state index contributed by atoms with van der Waals surface area (Å²) in [7, 11) is 0. The fourth-order valence-corrected chi connectivity index (χ4v) is 6.06. The summed E-state index contributed by atoms with van der Waals surface area (Å²) in [6.45, 7) is 7.00. The third-order valence-electron chi connectivity index (χ3n) is 6.09. The van der Waals surface area contributed by atoms with Gasteiger partial charge in [0.15, 0.2) is 0 Å². The van der Waals surface area contributed by atoms with Crippen molar-refractivity contribution in [3.63, 3.8) is 0 Å². The van der Waals surface area contributed by atoms with Crippen molar-refractivity contribution in [3.8, 4) is 0 Å². The lowest BCUT2D eigenvalue weighted by Gasteiger charge is -2.35. The van der Waals surface area contributed by atoms with E-state index in [0.29, 0.717) is 12.3 Å². The molecule has 0 saturated heterocycles. The van der Waals surface area contributed by atoms with Gasteiger partial charge in [-0.3, -0.25) is 4.98 Å². The van der Waals surface area contributed by atoms with E-state index < -0.39 is 0 Å². The molecule has 0 radical (unpaired) electrons. The van der Waals surface area contributed by atoms with Crippen molar-refractivity contribution >= 4 is 39.7 Å². The van der Waals surface area contributed by atoms with E-state index in [1.807, 2.05) is 49.3 Å². The molecular weight excluding hydrogens is 532 g/mol. The Bertz CT molecular complexity index is 1250. The minimum absolute atomic E-state index is 0.0641. The minimum Gasteiger partial charge on any atom is -0.340 e. The molecule has 1 saturated carbocycles. The van der Waals surface area contributed by atoms with Crippen LogP contribution in [0.15, 0.2) is 43.1 Å². The fourth-order valence-electron chi connectivity index (χ4n) is 4.38. The Morgan fingerprint density at radius 3 is 2.75 bits per heavy atom. The predicted octanol–water partition coefficient (Wildman–Crippen LogP) is 5.48. The van der Waals surface area contributed by atoms with Gasteiger partial charge in [-0.25, -0.2) is 14.5 Å². The molecule has 0 spiro atoms. The fraction of sp³-hybridized carbons (Fsp3) is 0.391. The smallest absolute Gasteiger partial charge is 0.148 e. The molecule has 2 unspecified atom stereocenters. The lowest BCUT2D eigenvalue weighted by molar-refractivity contribution is 0.606. The Kier molecular flexibility index (Phi) is 6.16. The summed E-state index contributed by atoms with van der Waals surface area (Å²) >= 11 is 2.42. The largest absolute Gasteiger partial charge is 0.340 e. The quantitative estimate of drug-likeness (QED) is 0.245. The highest BCUT2D eigenvalue weighted by Gasteiger charge is 2.36. The molecule has 32 heavy (non-hydrogen) atoms. The van der Waals surface area contributed by atoms with E-state index in [9.17, 15) is 0 Å². The van der Waals surface area contributed by atoms with E-state index in [2.05, 4.69) is 55.3 Å². The van der Waals surface area contributed by atoms with E-state index in [0.717, 1.165) is 41.4 Å². The van der Waals surface area contributed by atoms with Crippen LogP contribution in [-0.2, 0) is 6.42 Å². The summed E-state index contributed by atoms with van der Waals surface area (Å²) in [5.74, 6) is 1.50. The summed E-state index contributed by atoms with van der Waals surface area (Å²) in [5.41, 5.74) is 6.86. The molecular formula is C23H27IN7P. The first-order valence-corrected chi connectivity index (χ1v) is 15.3. The van der Waals surface area contributed by atoms with Gasteiger partial charge < -0.3 is 9.24 Å². The highest BCUT2D eigenvalue weighted by atomic mass is 127. The van der Waals surface area contributed by atoms with Gasteiger partial charge in [0, 0.05) is 43.3 Å². The molecule has 1 fully saturated rings. The number of aryl methyl sites for hydroxylation is 1. The Labute approximate surface area is 203 Å². The van der Waals surface area contributed by atoms with Crippen molar-refractivity contribution in [1.29, 1.82) is 0 Å². The summed E-state index contributed by atoms with van der Waals surface area (Å²) in [4.78, 5) is 16.7. The summed E-state index contributed by atoms with van der Waals surface area (Å²) in [5, 5.41) is 4.95. The summed E-state index contributed by atoms with van der Waals surface area (Å²) in [6.07, 6.45) is 11.8. The molecule has 2 atom stereocenters. The Morgan fingerprint density at radius 1 is 1.16 bits per heavy atom. The van der Waals surface area contributed by atoms with Crippen LogP contribution in [0.25, 0.3) is 5.52 Å². The maximum Gasteiger partial charge on any atom is 0.148 e. The predicted molar refractivity (Wildman–Crippen MR) is 138 cm³/mol. The van der Waals surface area contributed by atoms with Crippen LogP contribution in [0, 0.1) is 6.92 Å².